The summed E-state index contributed by atoms with van der Waals surface area (Å²) in [7, 11) is 0. The van der Waals surface area contributed by atoms with Gasteiger partial charge in [0.25, 0.3) is 0 Å². The maximum Gasteiger partial charge on any atom is 0.137 e. The molecule has 1 saturated heterocycles. The minimum Gasteiger partial charge on any atom is -0.390 e. The normalized spacial score (nSPS) is 42.1. The Morgan fingerprint density at radius 1 is 1.32 bits per heavy atom. The summed E-state index contributed by atoms with van der Waals surface area (Å²) in [5.41, 5.74) is -0.508. The number of carbonyl (C=O) groups is 1. The van der Waals surface area contributed by atoms with E-state index in [0.717, 1.165) is 45.3 Å². The van der Waals surface area contributed by atoms with E-state index in [1.807, 2.05) is 6.92 Å². The van der Waals surface area contributed by atoms with Crippen LogP contribution < -0.4 is 0 Å². The highest BCUT2D eigenvalue weighted by Crippen LogP contribution is 2.32. The molecular weight excluding hydrogens is 238 g/mol. The van der Waals surface area contributed by atoms with Gasteiger partial charge in [-0.3, -0.25) is 4.79 Å². The van der Waals surface area contributed by atoms with Crippen LogP contribution in [-0.4, -0.2) is 41.0 Å². The van der Waals surface area contributed by atoms with Gasteiger partial charge in [-0.2, -0.15) is 0 Å². The lowest BCUT2D eigenvalue weighted by atomic mass is 9.74. The fourth-order valence-corrected chi connectivity index (χ4v) is 3.76. The molecule has 110 valence electrons. The molecule has 0 radical (unpaired) electrons. The van der Waals surface area contributed by atoms with Gasteiger partial charge in [-0.05, 0) is 51.0 Å². The Balaban J connectivity index is 1.91. The van der Waals surface area contributed by atoms with Crippen molar-refractivity contribution in [2.24, 2.45) is 17.8 Å². The summed E-state index contributed by atoms with van der Waals surface area (Å²) in [5.74, 6) is 1.75. The van der Waals surface area contributed by atoms with Gasteiger partial charge in [-0.15, -0.1) is 0 Å². The van der Waals surface area contributed by atoms with Crippen molar-refractivity contribution in [3.63, 3.8) is 0 Å². The molecule has 0 bridgehead atoms. The molecule has 4 unspecified atom stereocenters. The molecule has 3 heteroatoms. The molecule has 1 aliphatic heterocycles. The second-order valence-electron chi connectivity index (χ2n) is 7.25. The van der Waals surface area contributed by atoms with Crippen LogP contribution in [-0.2, 0) is 4.79 Å². The third kappa shape index (κ3) is 4.03. The number of hydrogen-bond donors (Lipinski definition) is 1. The third-order valence-electron chi connectivity index (χ3n) is 5.04. The zero-order valence-corrected chi connectivity index (χ0v) is 12.7. The average molecular weight is 267 g/mol. The van der Waals surface area contributed by atoms with E-state index in [0.29, 0.717) is 17.6 Å². The molecule has 2 aliphatic rings. The molecule has 19 heavy (non-hydrogen) atoms. The maximum atomic E-state index is 12.2. The second-order valence-corrected chi connectivity index (χ2v) is 7.25. The molecule has 2 rings (SSSR count). The van der Waals surface area contributed by atoms with Crippen LogP contribution in [0.5, 0.6) is 0 Å². The highest BCUT2D eigenvalue weighted by Gasteiger charge is 2.34. The molecule has 3 nitrogen and oxygen atoms in total. The van der Waals surface area contributed by atoms with E-state index in [4.69, 9.17) is 0 Å². The van der Waals surface area contributed by atoms with Crippen LogP contribution in [0.2, 0.25) is 0 Å². The van der Waals surface area contributed by atoms with Gasteiger partial charge in [-0.25, -0.2) is 0 Å². The smallest absolute Gasteiger partial charge is 0.137 e. The Morgan fingerprint density at radius 3 is 2.74 bits per heavy atom. The van der Waals surface area contributed by atoms with Gasteiger partial charge in [0.05, 0.1) is 5.60 Å². The van der Waals surface area contributed by atoms with Gasteiger partial charge in [-0.1, -0.05) is 13.8 Å². The van der Waals surface area contributed by atoms with E-state index in [9.17, 15) is 9.90 Å². The van der Waals surface area contributed by atoms with Crippen LogP contribution in [0.25, 0.3) is 0 Å². The Kier molecular flexibility index (Phi) is 4.67. The lowest BCUT2D eigenvalue weighted by Gasteiger charge is -2.35. The highest BCUT2D eigenvalue weighted by molar-refractivity contribution is 5.82. The standard InChI is InChI=1S/C16H29NO2/c1-12-9-13(2)14(15(18)10-12)11-17-7-4-5-16(3,19)6-8-17/h12-14,19H,4-11H2,1-3H3. The van der Waals surface area contributed by atoms with Crippen molar-refractivity contribution >= 4 is 5.78 Å². The first-order chi connectivity index (χ1) is 8.87. The van der Waals surface area contributed by atoms with E-state index < -0.39 is 5.60 Å². The minimum absolute atomic E-state index is 0.222. The summed E-state index contributed by atoms with van der Waals surface area (Å²) in [6.45, 7) is 9.22. The summed E-state index contributed by atoms with van der Waals surface area (Å²) < 4.78 is 0. The fourth-order valence-electron chi connectivity index (χ4n) is 3.76. The van der Waals surface area contributed by atoms with Crippen LogP contribution in [0.15, 0.2) is 0 Å². The van der Waals surface area contributed by atoms with Crippen LogP contribution in [0.4, 0.5) is 0 Å². The van der Waals surface area contributed by atoms with Crippen molar-refractivity contribution in [2.45, 2.75) is 58.5 Å². The van der Waals surface area contributed by atoms with Crippen molar-refractivity contribution in [1.82, 2.24) is 4.90 Å². The Bertz CT molecular complexity index is 327. The summed E-state index contributed by atoms with van der Waals surface area (Å²) in [6, 6.07) is 0. The molecule has 1 N–H and O–H groups in total. The third-order valence-corrected chi connectivity index (χ3v) is 5.04. The number of nitrogens with zero attached hydrogens (tertiary/aromatic N) is 1. The lowest BCUT2D eigenvalue weighted by molar-refractivity contribution is -0.128. The Morgan fingerprint density at radius 2 is 2.05 bits per heavy atom. The minimum atomic E-state index is -0.508. The number of ketones is 1. The molecule has 1 saturated carbocycles. The number of Topliss-reactive ketones (excluding diaryl/α,β-unsaturated/α-hetero) is 1. The first-order valence-corrected chi connectivity index (χ1v) is 7.85. The number of likely N-dealkylation sites (tertiary alicyclic amines) is 1. The van der Waals surface area contributed by atoms with Gasteiger partial charge in [0.2, 0.25) is 0 Å². The van der Waals surface area contributed by atoms with Gasteiger partial charge < -0.3 is 10.0 Å². The average Bonchev–Trinajstić information content (AvgIpc) is 2.45. The Labute approximate surface area is 117 Å². The summed E-state index contributed by atoms with van der Waals surface area (Å²) in [5, 5.41) is 10.1. The SMILES string of the molecule is CC1CC(=O)C(CN2CCCC(C)(O)CC2)C(C)C1. The van der Waals surface area contributed by atoms with Crippen LogP contribution in [0, 0.1) is 17.8 Å². The molecule has 1 aliphatic carbocycles. The van der Waals surface area contributed by atoms with Gasteiger partial charge in [0, 0.05) is 25.4 Å². The number of aliphatic hydroxyl groups is 1. The fraction of sp³-hybridized carbons (Fsp3) is 0.938. The van der Waals surface area contributed by atoms with Gasteiger partial charge in [0.15, 0.2) is 0 Å². The number of carbonyl (C=O) groups excluding carboxylic acids is 1. The van der Waals surface area contributed by atoms with E-state index in [2.05, 4.69) is 18.7 Å². The van der Waals surface area contributed by atoms with Crippen molar-refractivity contribution in [1.29, 1.82) is 0 Å². The van der Waals surface area contributed by atoms with E-state index >= 15 is 0 Å². The van der Waals surface area contributed by atoms with Crippen molar-refractivity contribution < 1.29 is 9.90 Å². The van der Waals surface area contributed by atoms with Crippen molar-refractivity contribution in [2.75, 3.05) is 19.6 Å². The molecular formula is C16H29NO2. The summed E-state index contributed by atoms with van der Waals surface area (Å²) in [6.07, 6.45) is 4.70. The topological polar surface area (TPSA) is 40.5 Å². The molecule has 4 atom stereocenters. The quantitative estimate of drug-likeness (QED) is 0.835. The summed E-state index contributed by atoms with van der Waals surface area (Å²) >= 11 is 0. The number of hydrogen-bond acceptors (Lipinski definition) is 3. The van der Waals surface area contributed by atoms with Crippen molar-refractivity contribution in [3.05, 3.63) is 0 Å². The highest BCUT2D eigenvalue weighted by atomic mass is 16.3. The maximum absolute atomic E-state index is 12.2. The predicted octanol–water partition coefficient (Wildman–Crippen LogP) is 2.47. The zero-order valence-electron chi connectivity index (χ0n) is 12.7. The van der Waals surface area contributed by atoms with Crippen LogP contribution in [0.1, 0.15) is 52.9 Å². The van der Waals surface area contributed by atoms with Gasteiger partial charge in [0.1, 0.15) is 5.78 Å². The zero-order chi connectivity index (χ0) is 14.0. The van der Waals surface area contributed by atoms with Gasteiger partial charge >= 0.3 is 0 Å². The Hall–Kier alpha value is -0.410. The monoisotopic (exact) mass is 267 g/mol. The molecule has 0 aromatic heterocycles. The molecule has 0 aromatic carbocycles. The van der Waals surface area contributed by atoms with Crippen LogP contribution >= 0.6 is 0 Å². The summed E-state index contributed by atoms with van der Waals surface area (Å²) in [4.78, 5) is 14.6. The molecule has 1 heterocycles. The number of rotatable bonds is 2. The van der Waals surface area contributed by atoms with E-state index in [-0.39, 0.29) is 5.92 Å². The molecule has 0 aromatic rings. The predicted molar refractivity (Wildman–Crippen MR) is 77.0 cm³/mol. The second kappa shape index (κ2) is 5.92. The largest absolute Gasteiger partial charge is 0.390 e. The first kappa shape index (κ1) is 15.0. The van der Waals surface area contributed by atoms with E-state index in [1.165, 1.54) is 6.42 Å². The molecule has 0 amide bonds. The molecule has 2 fully saturated rings. The lowest BCUT2D eigenvalue weighted by Crippen LogP contribution is -2.41. The molecule has 0 spiro atoms. The van der Waals surface area contributed by atoms with Crippen LogP contribution in [0.3, 0.4) is 0 Å². The first-order valence-electron chi connectivity index (χ1n) is 7.85. The van der Waals surface area contributed by atoms with Crippen molar-refractivity contribution in [3.8, 4) is 0 Å². The van der Waals surface area contributed by atoms with E-state index in [1.54, 1.807) is 0 Å².